The average molecular weight is 150 g/mol. The molecule has 0 aromatic carbocycles. The van der Waals surface area contributed by atoms with Crippen molar-refractivity contribution in [2.75, 3.05) is 0 Å². The topological polar surface area (TPSA) is 48.2 Å². The molecule has 3 nitrogen and oxygen atoms in total. The second kappa shape index (κ2) is 2.19. The van der Waals surface area contributed by atoms with Crippen molar-refractivity contribution in [2.24, 2.45) is 5.92 Å². The molecule has 1 saturated heterocycles. The quantitative estimate of drug-likeness (QED) is 0.469. The molecule has 1 radical (unpaired) electrons. The predicted molar refractivity (Wildman–Crippen MR) is 37.6 cm³/mol. The summed E-state index contributed by atoms with van der Waals surface area (Å²) in [6, 6.07) is 0. The molecule has 1 atom stereocenters. The van der Waals surface area contributed by atoms with Crippen molar-refractivity contribution in [1.82, 2.24) is 5.32 Å². The molecule has 1 fully saturated rings. The number of hydrogen-bond acceptors (Lipinski definition) is 2. The van der Waals surface area contributed by atoms with Crippen molar-refractivity contribution in [3.63, 3.8) is 0 Å². The Morgan fingerprint density at radius 3 is 3.00 bits per heavy atom. The van der Waals surface area contributed by atoms with E-state index >= 15 is 0 Å². The lowest BCUT2D eigenvalue weighted by atomic mass is 9.90. The largest absolute Gasteiger partial charge is 0.276 e. The van der Waals surface area contributed by atoms with Crippen molar-refractivity contribution in [2.45, 2.75) is 19.3 Å². The zero-order valence-electron chi connectivity index (χ0n) is 6.04. The van der Waals surface area contributed by atoms with Gasteiger partial charge in [-0.15, -0.1) is 0 Å². The van der Waals surface area contributed by atoms with Crippen molar-refractivity contribution >= 4 is 11.8 Å². The van der Waals surface area contributed by atoms with E-state index in [1.54, 1.807) is 0 Å². The van der Waals surface area contributed by atoms with Crippen LogP contribution in [0, 0.1) is 5.92 Å². The third kappa shape index (κ3) is 0.878. The molecule has 0 N–H and O–H groups in total. The maximum atomic E-state index is 11.0. The third-order valence-electron chi connectivity index (χ3n) is 2.19. The minimum absolute atomic E-state index is 0.184. The molecule has 0 aromatic rings. The Balaban J connectivity index is 2.36. The van der Waals surface area contributed by atoms with Crippen LogP contribution >= 0.6 is 0 Å². The van der Waals surface area contributed by atoms with Crippen molar-refractivity contribution in [3.8, 4) is 0 Å². The van der Waals surface area contributed by atoms with Crippen LogP contribution in [0.1, 0.15) is 19.3 Å². The van der Waals surface area contributed by atoms with Crippen LogP contribution in [0.25, 0.3) is 0 Å². The Kier molecular flexibility index (Phi) is 1.31. The lowest BCUT2D eigenvalue weighted by molar-refractivity contribution is -0.126. The van der Waals surface area contributed by atoms with Gasteiger partial charge in [-0.05, 0) is 19.3 Å². The van der Waals surface area contributed by atoms with Gasteiger partial charge in [0.05, 0.1) is 5.92 Å². The van der Waals surface area contributed by atoms with Crippen LogP contribution in [-0.4, -0.2) is 11.8 Å². The summed E-state index contributed by atoms with van der Waals surface area (Å²) in [5, 5.41) is 3.39. The second-order valence-corrected chi connectivity index (χ2v) is 2.90. The van der Waals surface area contributed by atoms with Crippen LogP contribution < -0.4 is 5.32 Å². The molecule has 2 amide bonds. The molecular weight excluding hydrogens is 142 g/mol. The Morgan fingerprint density at radius 1 is 1.45 bits per heavy atom. The molecule has 11 heavy (non-hydrogen) atoms. The van der Waals surface area contributed by atoms with Crippen LogP contribution in [-0.2, 0) is 9.59 Å². The molecule has 3 heteroatoms. The van der Waals surface area contributed by atoms with E-state index < -0.39 is 0 Å². The first-order valence-corrected chi connectivity index (χ1v) is 3.79. The highest BCUT2D eigenvalue weighted by atomic mass is 16.2. The van der Waals surface area contributed by atoms with Gasteiger partial charge in [0, 0.05) is 5.57 Å². The lowest BCUT2D eigenvalue weighted by Crippen LogP contribution is -2.14. The molecule has 0 aromatic heterocycles. The Morgan fingerprint density at radius 2 is 2.27 bits per heavy atom. The summed E-state index contributed by atoms with van der Waals surface area (Å²) in [5.41, 5.74) is 0.640. The first-order chi connectivity index (χ1) is 5.29. The summed E-state index contributed by atoms with van der Waals surface area (Å²) < 4.78 is 0. The molecule has 2 aliphatic rings. The highest BCUT2D eigenvalue weighted by Gasteiger charge is 2.38. The average Bonchev–Trinajstić information content (AvgIpc) is 2.30. The van der Waals surface area contributed by atoms with Crippen molar-refractivity contribution in [3.05, 3.63) is 11.6 Å². The zero-order valence-corrected chi connectivity index (χ0v) is 6.04. The fourth-order valence-electron chi connectivity index (χ4n) is 1.61. The minimum Gasteiger partial charge on any atom is -0.272 e. The maximum absolute atomic E-state index is 11.0. The second-order valence-electron chi connectivity index (χ2n) is 2.90. The number of carbonyl (C=O) groups excluding carboxylic acids is 2. The van der Waals surface area contributed by atoms with Crippen LogP contribution in [0.4, 0.5) is 0 Å². The summed E-state index contributed by atoms with van der Waals surface area (Å²) in [4.78, 5) is 22.0. The normalized spacial score (nSPS) is 29.5. The third-order valence-corrected chi connectivity index (χ3v) is 2.19. The number of carbonyl (C=O) groups is 2. The van der Waals surface area contributed by atoms with Crippen molar-refractivity contribution < 1.29 is 9.59 Å². The molecule has 1 aliphatic heterocycles. The summed E-state index contributed by atoms with van der Waals surface area (Å²) in [7, 11) is 0. The van der Waals surface area contributed by atoms with Crippen LogP contribution in [0.15, 0.2) is 11.6 Å². The summed E-state index contributed by atoms with van der Waals surface area (Å²) in [6.45, 7) is 0. The van der Waals surface area contributed by atoms with E-state index in [1.807, 2.05) is 6.08 Å². The van der Waals surface area contributed by atoms with Gasteiger partial charge in [-0.25, -0.2) is 0 Å². The van der Waals surface area contributed by atoms with Gasteiger partial charge >= 0.3 is 0 Å². The van der Waals surface area contributed by atoms with E-state index in [2.05, 4.69) is 5.32 Å². The first-order valence-electron chi connectivity index (χ1n) is 3.79. The zero-order chi connectivity index (χ0) is 7.84. The SMILES string of the molecule is O=C1[N]C(=O)C2CCCC=C12. The van der Waals surface area contributed by atoms with Crippen molar-refractivity contribution in [1.29, 1.82) is 0 Å². The number of rotatable bonds is 0. The summed E-state index contributed by atoms with van der Waals surface area (Å²) >= 11 is 0. The van der Waals surface area contributed by atoms with Gasteiger partial charge in [0.1, 0.15) is 0 Å². The standard InChI is InChI=1S/C8H8NO2/c10-7-5-3-1-2-4-6(5)8(11)9-7/h3,6H,1-2,4H2. The molecule has 0 spiro atoms. The predicted octanol–water partition coefficient (Wildman–Crippen LogP) is 0.384. The molecule has 2 rings (SSSR count). The Labute approximate surface area is 64.5 Å². The van der Waals surface area contributed by atoms with E-state index in [4.69, 9.17) is 0 Å². The minimum atomic E-state index is -0.306. The van der Waals surface area contributed by atoms with Gasteiger partial charge in [-0.2, -0.15) is 5.32 Å². The number of allylic oxidation sites excluding steroid dienone is 1. The first kappa shape index (κ1) is 6.58. The van der Waals surface area contributed by atoms with Gasteiger partial charge in [-0.1, -0.05) is 6.08 Å². The smallest absolute Gasteiger partial charge is 0.272 e. The fraction of sp³-hybridized carbons (Fsp3) is 0.500. The van der Waals surface area contributed by atoms with E-state index in [0.29, 0.717) is 5.57 Å². The van der Waals surface area contributed by atoms with Crippen LogP contribution in [0.2, 0.25) is 0 Å². The van der Waals surface area contributed by atoms with Gasteiger partial charge < -0.3 is 0 Å². The number of fused-ring (bicyclic) bond motifs is 1. The van der Waals surface area contributed by atoms with E-state index in [9.17, 15) is 9.59 Å². The molecule has 0 saturated carbocycles. The van der Waals surface area contributed by atoms with E-state index in [0.717, 1.165) is 19.3 Å². The Bertz CT molecular complexity index is 255. The molecule has 1 unspecified atom stereocenters. The van der Waals surface area contributed by atoms with Crippen LogP contribution in [0.5, 0.6) is 0 Å². The Hall–Kier alpha value is -1.12. The molecule has 1 heterocycles. The van der Waals surface area contributed by atoms with Crippen LogP contribution in [0.3, 0.4) is 0 Å². The highest BCUT2D eigenvalue weighted by Crippen LogP contribution is 2.29. The molecule has 1 aliphatic carbocycles. The summed E-state index contributed by atoms with van der Waals surface area (Å²) in [5.74, 6) is -0.725. The maximum Gasteiger partial charge on any atom is 0.276 e. The van der Waals surface area contributed by atoms with Gasteiger partial charge in [-0.3, -0.25) is 9.59 Å². The number of nitrogens with zero attached hydrogens (tertiary/aromatic N) is 1. The fourth-order valence-corrected chi connectivity index (χ4v) is 1.61. The molecular formula is C8H8NO2. The summed E-state index contributed by atoms with van der Waals surface area (Å²) in [6.07, 6.45) is 4.58. The lowest BCUT2D eigenvalue weighted by Gasteiger charge is -2.11. The number of hydrogen-bond donors (Lipinski definition) is 0. The van der Waals surface area contributed by atoms with E-state index in [1.165, 1.54) is 0 Å². The molecule has 57 valence electrons. The molecule has 0 bridgehead atoms. The van der Waals surface area contributed by atoms with Gasteiger partial charge in [0.2, 0.25) is 0 Å². The van der Waals surface area contributed by atoms with E-state index in [-0.39, 0.29) is 17.7 Å². The van der Waals surface area contributed by atoms with Gasteiger partial charge in [0.15, 0.2) is 0 Å². The number of imide groups is 1. The highest BCUT2D eigenvalue weighted by molar-refractivity contribution is 6.14. The van der Waals surface area contributed by atoms with Gasteiger partial charge in [0.25, 0.3) is 11.8 Å². The number of amides is 2. The monoisotopic (exact) mass is 150 g/mol.